The summed E-state index contributed by atoms with van der Waals surface area (Å²) < 4.78 is 15.9. The highest BCUT2D eigenvalue weighted by Crippen LogP contribution is 2.30. The molecule has 2 atom stereocenters. The zero-order chi connectivity index (χ0) is 27.1. The number of aromatic hydroxyl groups is 1. The summed E-state index contributed by atoms with van der Waals surface area (Å²) in [5.41, 5.74) is -0.135. The molecule has 2 aromatic rings. The van der Waals surface area contributed by atoms with Crippen LogP contribution in [0.2, 0.25) is 0 Å². The Labute approximate surface area is 213 Å². The number of methoxy groups -OCH3 is 1. The monoisotopic (exact) mass is 502 g/mol. The Morgan fingerprint density at radius 1 is 1.06 bits per heavy atom. The van der Waals surface area contributed by atoms with Crippen molar-refractivity contribution >= 4 is 17.8 Å². The van der Waals surface area contributed by atoms with Crippen molar-refractivity contribution in [2.45, 2.75) is 72.4 Å². The fraction of sp³-hybridized carbons (Fsp3) is 0.481. The summed E-state index contributed by atoms with van der Waals surface area (Å²) in [6.07, 6.45) is 3.55. The number of carbonyl (C=O) groups is 3. The van der Waals surface area contributed by atoms with Gasteiger partial charge in [0.25, 0.3) is 5.91 Å². The van der Waals surface area contributed by atoms with Gasteiger partial charge < -0.3 is 24.6 Å². The molecule has 9 nitrogen and oxygen atoms in total. The second kappa shape index (κ2) is 16.1. The van der Waals surface area contributed by atoms with E-state index in [1.54, 1.807) is 24.3 Å². The SMILES string of the molecule is CCCCC(=O)Oc1c(OC)ccnc1C(=O)N[C@@H](C)C(=O)OC(C)CC(C)C.Oc1ccccc1. The van der Waals surface area contributed by atoms with E-state index in [9.17, 15) is 14.4 Å². The van der Waals surface area contributed by atoms with Crippen molar-refractivity contribution in [1.29, 1.82) is 0 Å². The lowest BCUT2D eigenvalue weighted by Crippen LogP contribution is -2.41. The number of para-hydroxylation sites is 1. The van der Waals surface area contributed by atoms with Crippen molar-refractivity contribution in [3.8, 4) is 17.2 Å². The molecule has 0 saturated heterocycles. The van der Waals surface area contributed by atoms with Crippen LogP contribution in [0.5, 0.6) is 17.2 Å². The number of nitrogens with zero attached hydrogens (tertiary/aromatic N) is 1. The number of nitrogens with one attached hydrogen (secondary N) is 1. The lowest BCUT2D eigenvalue weighted by molar-refractivity contribution is -0.150. The number of carbonyl (C=O) groups excluding carboxylic acids is 3. The zero-order valence-corrected chi connectivity index (χ0v) is 21.9. The van der Waals surface area contributed by atoms with Gasteiger partial charge in [-0.1, -0.05) is 45.4 Å². The lowest BCUT2D eigenvalue weighted by atomic mass is 10.1. The fourth-order valence-corrected chi connectivity index (χ4v) is 3.10. The van der Waals surface area contributed by atoms with Crippen LogP contribution in [0.3, 0.4) is 0 Å². The quantitative estimate of drug-likeness (QED) is 0.425. The van der Waals surface area contributed by atoms with Crippen LogP contribution in [0.4, 0.5) is 0 Å². The summed E-state index contributed by atoms with van der Waals surface area (Å²) >= 11 is 0. The van der Waals surface area contributed by atoms with Gasteiger partial charge in [-0.3, -0.25) is 9.59 Å². The van der Waals surface area contributed by atoms with E-state index < -0.39 is 23.9 Å². The van der Waals surface area contributed by atoms with Crippen LogP contribution in [0.25, 0.3) is 0 Å². The first-order valence-corrected chi connectivity index (χ1v) is 12.1. The van der Waals surface area contributed by atoms with Crippen molar-refractivity contribution in [3.63, 3.8) is 0 Å². The standard InChI is InChI=1S/C21H32N2O6.C6H6O/c1-7-8-9-17(24)29-19-16(27-6)10-11-22-18(19)20(25)23-15(5)21(26)28-14(4)12-13(2)3;7-6-4-2-1-3-5-6/h10-11,13-15H,7-9,12H2,1-6H3,(H,23,25);1-5,7H/t14?,15-;/m0./s1. The van der Waals surface area contributed by atoms with Gasteiger partial charge in [0, 0.05) is 18.7 Å². The summed E-state index contributed by atoms with van der Waals surface area (Å²) in [6.45, 7) is 9.36. The number of hydrogen-bond donors (Lipinski definition) is 2. The predicted molar refractivity (Wildman–Crippen MR) is 136 cm³/mol. The number of amides is 1. The number of esters is 2. The van der Waals surface area contributed by atoms with Crippen LogP contribution in [0.1, 0.15) is 70.8 Å². The molecule has 2 rings (SSSR count). The number of pyridine rings is 1. The average molecular weight is 503 g/mol. The number of phenolic OH excluding ortho intramolecular Hbond substituents is 1. The second-order valence-corrected chi connectivity index (χ2v) is 8.68. The van der Waals surface area contributed by atoms with Crippen molar-refractivity contribution in [1.82, 2.24) is 10.3 Å². The van der Waals surface area contributed by atoms with Gasteiger partial charge in [0.05, 0.1) is 13.2 Å². The molecule has 36 heavy (non-hydrogen) atoms. The van der Waals surface area contributed by atoms with E-state index >= 15 is 0 Å². The molecular weight excluding hydrogens is 464 g/mol. The maximum absolute atomic E-state index is 12.7. The summed E-state index contributed by atoms with van der Waals surface area (Å²) in [6, 6.07) is 9.31. The molecule has 1 heterocycles. The van der Waals surface area contributed by atoms with Gasteiger partial charge >= 0.3 is 11.9 Å². The van der Waals surface area contributed by atoms with Gasteiger partial charge in [-0.2, -0.15) is 0 Å². The van der Waals surface area contributed by atoms with Crippen LogP contribution >= 0.6 is 0 Å². The highest BCUT2D eigenvalue weighted by molar-refractivity contribution is 5.98. The third kappa shape index (κ3) is 11.2. The molecule has 0 aliphatic rings. The van der Waals surface area contributed by atoms with Crippen molar-refractivity contribution in [2.75, 3.05) is 7.11 Å². The molecule has 1 amide bonds. The van der Waals surface area contributed by atoms with Crippen LogP contribution in [0.15, 0.2) is 42.6 Å². The van der Waals surface area contributed by atoms with Crippen LogP contribution in [-0.4, -0.2) is 47.2 Å². The Balaban J connectivity index is 0.000000789. The Hall–Kier alpha value is -3.62. The first kappa shape index (κ1) is 30.4. The van der Waals surface area contributed by atoms with Crippen molar-refractivity contribution < 1.29 is 33.7 Å². The molecule has 1 aromatic carbocycles. The minimum absolute atomic E-state index is 0.0673. The van der Waals surface area contributed by atoms with E-state index in [2.05, 4.69) is 10.3 Å². The van der Waals surface area contributed by atoms with Gasteiger partial charge in [0.15, 0.2) is 11.4 Å². The third-order valence-corrected chi connectivity index (χ3v) is 4.83. The Morgan fingerprint density at radius 2 is 1.72 bits per heavy atom. The highest BCUT2D eigenvalue weighted by Gasteiger charge is 2.26. The number of rotatable bonds is 11. The van der Waals surface area contributed by atoms with E-state index in [4.69, 9.17) is 19.3 Å². The first-order valence-electron chi connectivity index (χ1n) is 12.1. The smallest absolute Gasteiger partial charge is 0.328 e. The van der Waals surface area contributed by atoms with Gasteiger partial charge in [0.2, 0.25) is 5.75 Å². The Morgan fingerprint density at radius 3 is 2.25 bits per heavy atom. The molecule has 2 N–H and O–H groups in total. The van der Waals surface area contributed by atoms with Crippen molar-refractivity contribution in [2.24, 2.45) is 5.92 Å². The Kier molecular flexibility index (Phi) is 13.6. The fourth-order valence-electron chi connectivity index (χ4n) is 3.10. The van der Waals surface area contributed by atoms with Crippen LogP contribution in [0, 0.1) is 5.92 Å². The van der Waals surface area contributed by atoms with Crippen molar-refractivity contribution in [3.05, 3.63) is 48.3 Å². The molecule has 0 spiro atoms. The third-order valence-electron chi connectivity index (χ3n) is 4.83. The molecule has 1 unspecified atom stereocenters. The molecular formula is C27H38N2O7. The summed E-state index contributed by atoms with van der Waals surface area (Å²) in [4.78, 5) is 41.0. The number of ether oxygens (including phenoxy) is 3. The molecule has 198 valence electrons. The normalized spacial score (nSPS) is 12.0. The van der Waals surface area contributed by atoms with Gasteiger partial charge in [-0.25, -0.2) is 9.78 Å². The van der Waals surface area contributed by atoms with Crippen LogP contribution in [-0.2, 0) is 14.3 Å². The maximum atomic E-state index is 12.7. The van der Waals surface area contributed by atoms with Gasteiger partial charge in [-0.05, 0) is 44.7 Å². The summed E-state index contributed by atoms with van der Waals surface area (Å²) in [5, 5.41) is 11.2. The average Bonchev–Trinajstić information content (AvgIpc) is 2.83. The zero-order valence-electron chi connectivity index (χ0n) is 21.9. The molecule has 0 saturated carbocycles. The number of hydrogen-bond acceptors (Lipinski definition) is 8. The molecule has 0 fully saturated rings. The molecule has 0 aliphatic heterocycles. The molecule has 9 heteroatoms. The highest BCUT2D eigenvalue weighted by atomic mass is 16.6. The Bertz CT molecular complexity index is 964. The second-order valence-electron chi connectivity index (χ2n) is 8.68. The first-order chi connectivity index (χ1) is 17.1. The molecule has 0 aliphatic carbocycles. The minimum Gasteiger partial charge on any atom is -0.508 e. The maximum Gasteiger partial charge on any atom is 0.328 e. The van der Waals surface area contributed by atoms with E-state index in [1.807, 2.05) is 33.8 Å². The molecule has 0 radical (unpaired) electrons. The van der Waals surface area contributed by atoms with Gasteiger partial charge in [-0.15, -0.1) is 0 Å². The summed E-state index contributed by atoms with van der Waals surface area (Å²) in [5.74, 6) is -0.851. The molecule has 1 aromatic heterocycles. The van der Waals surface area contributed by atoms with E-state index in [0.717, 1.165) is 12.8 Å². The number of unbranched alkanes of at least 4 members (excludes halogenated alkanes) is 1. The number of benzene rings is 1. The van der Waals surface area contributed by atoms with Gasteiger partial charge in [0.1, 0.15) is 11.8 Å². The number of aromatic nitrogens is 1. The number of phenols is 1. The van der Waals surface area contributed by atoms with E-state index in [-0.39, 0.29) is 29.7 Å². The topological polar surface area (TPSA) is 124 Å². The van der Waals surface area contributed by atoms with E-state index in [0.29, 0.717) is 18.1 Å². The summed E-state index contributed by atoms with van der Waals surface area (Å²) in [7, 11) is 1.40. The lowest BCUT2D eigenvalue weighted by Gasteiger charge is -2.19. The molecule has 0 bridgehead atoms. The van der Waals surface area contributed by atoms with E-state index in [1.165, 1.54) is 26.3 Å². The minimum atomic E-state index is -0.895. The largest absolute Gasteiger partial charge is 0.508 e. The van der Waals surface area contributed by atoms with Crippen LogP contribution < -0.4 is 14.8 Å². The predicted octanol–water partition coefficient (Wildman–Crippen LogP) is 4.67.